The van der Waals surface area contributed by atoms with Crippen molar-refractivity contribution < 1.29 is 47.4 Å². The smallest absolute Gasteiger partial charge is 0.118 e. The number of hydrogen-bond acceptors (Lipinski definition) is 10. The molecule has 0 unspecified atom stereocenters. The van der Waals surface area contributed by atoms with Crippen LogP contribution in [0.15, 0.2) is 158 Å². The van der Waals surface area contributed by atoms with Gasteiger partial charge in [-0.25, -0.2) is 0 Å². The van der Waals surface area contributed by atoms with Crippen LogP contribution in [0.3, 0.4) is 0 Å². The number of ether oxygens (including phenoxy) is 10. The van der Waals surface area contributed by atoms with Gasteiger partial charge in [-0.1, -0.05) is 109 Å². The van der Waals surface area contributed by atoms with Gasteiger partial charge in [0.05, 0.1) is 68.1 Å². The van der Waals surface area contributed by atoms with E-state index in [9.17, 15) is 0 Å². The van der Waals surface area contributed by atoms with Crippen LogP contribution in [-0.2, 0) is 68.1 Å². The summed E-state index contributed by atoms with van der Waals surface area (Å²) in [7, 11) is 6.62. The standard InChI is InChI=1S/C52H56O10/c1-53-43-23-15-39(16-24-43)33-59-49-47(57-31-37-11-7-5-8-12-37)48(58-32-38-13-9-6-10-14-38)50(60-34-40-17-25-44(54-2)26-18-40)52(62-36-42-21-29-46(56-4)30-22-42)51(49)61-35-41-19-27-45(55-3)28-20-41/h5-30,47-52H,31-36H2,1-4H3/t47-,48+,49-,50-,51+,52+/m0/s1. The van der Waals surface area contributed by atoms with Crippen molar-refractivity contribution in [2.75, 3.05) is 28.4 Å². The molecule has 6 aromatic rings. The summed E-state index contributed by atoms with van der Waals surface area (Å²) in [5.74, 6) is 3.03. The number of rotatable bonds is 22. The highest BCUT2D eigenvalue weighted by Gasteiger charge is 2.55. The molecule has 62 heavy (non-hydrogen) atoms. The first-order valence-electron chi connectivity index (χ1n) is 20.8. The Morgan fingerprint density at radius 2 is 0.419 bits per heavy atom. The van der Waals surface area contributed by atoms with E-state index in [1.165, 1.54) is 0 Å². The van der Waals surface area contributed by atoms with Gasteiger partial charge in [-0.2, -0.15) is 0 Å². The van der Waals surface area contributed by atoms with E-state index >= 15 is 0 Å². The predicted molar refractivity (Wildman–Crippen MR) is 236 cm³/mol. The van der Waals surface area contributed by atoms with E-state index in [1.54, 1.807) is 28.4 Å². The van der Waals surface area contributed by atoms with Gasteiger partial charge in [0.15, 0.2) is 0 Å². The van der Waals surface area contributed by atoms with Crippen LogP contribution in [0.4, 0.5) is 0 Å². The van der Waals surface area contributed by atoms with Crippen molar-refractivity contribution in [3.05, 3.63) is 191 Å². The molecular formula is C52H56O10. The lowest BCUT2D eigenvalue weighted by Crippen LogP contribution is -2.67. The molecule has 0 bridgehead atoms. The second-order valence-electron chi connectivity index (χ2n) is 15.0. The topological polar surface area (TPSA) is 92.3 Å². The van der Waals surface area contributed by atoms with Gasteiger partial charge in [-0.05, 0) is 81.9 Å². The normalized spacial score (nSPS) is 19.7. The van der Waals surface area contributed by atoms with Gasteiger partial charge >= 0.3 is 0 Å². The summed E-state index contributed by atoms with van der Waals surface area (Å²) in [4.78, 5) is 0. The molecule has 10 nitrogen and oxygen atoms in total. The van der Waals surface area contributed by atoms with Crippen molar-refractivity contribution in [1.82, 2.24) is 0 Å². The molecule has 6 aromatic carbocycles. The minimum absolute atomic E-state index is 0.256. The largest absolute Gasteiger partial charge is 0.497 e. The second-order valence-corrected chi connectivity index (χ2v) is 15.0. The van der Waals surface area contributed by atoms with Crippen LogP contribution in [0.2, 0.25) is 0 Å². The molecule has 0 radical (unpaired) electrons. The van der Waals surface area contributed by atoms with E-state index in [2.05, 4.69) is 0 Å². The van der Waals surface area contributed by atoms with Crippen molar-refractivity contribution in [2.45, 2.75) is 76.3 Å². The Morgan fingerprint density at radius 1 is 0.242 bits per heavy atom. The van der Waals surface area contributed by atoms with Gasteiger partial charge in [0, 0.05) is 0 Å². The van der Waals surface area contributed by atoms with Crippen molar-refractivity contribution in [3.8, 4) is 23.0 Å². The van der Waals surface area contributed by atoms with Crippen molar-refractivity contribution >= 4 is 0 Å². The van der Waals surface area contributed by atoms with Crippen molar-refractivity contribution in [3.63, 3.8) is 0 Å². The van der Waals surface area contributed by atoms with E-state index in [-0.39, 0.29) is 26.4 Å². The summed E-state index contributed by atoms with van der Waals surface area (Å²) in [6.45, 7) is 1.63. The van der Waals surface area contributed by atoms with Crippen LogP contribution in [0.1, 0.15) is 33.4 Å². The summed E-state index contributed by atoms with van der Waals surface area (Å²) >= 11 is 0. The summed E-state index contributed by atoms with van der Waals surface area (Å²) in [6.07, 6.45) is -4.15. The Morgan fingerprint density at radius 3 is 0.597 bits per heavy atom. The zero-order valence-corrected chi connectivity index (χ0v) is 35.8. The number of methoxy groups -OCH3 is 4. The summed E-state index contributed by atoms with van der Waals surface area (Å²) in [5.41, 5.74) is 5.83. The van der Waals surface area contributed by atoms with E-state index in [0.29, 0.717) is 13.2 Å². The highest BCUT2D eigenvalue weighted by Crippen LogP contribution is 2.37. The molecule has 1 fully saturated rings. The van der Waals surface area contributed by atoms with E-state index < -0.39 is 36.6 Å². The molecule has 6 atom stereocenters. The highest BCUT2D eigenvalue weighted by molar-refractivity contribution is 5.30. The monoisotopic (exact) mass is 840 g/mol. The van der Waals surface area contributed by atoms with Crippen molar-refractivity contribution in [1.29, 1.82) is 0 Å². The second kappa shape index (κ2) is 22.9. The van der Waals surface area contributed by atoms with Gasteiger partial charge in [0.1, 0.15) is 59.6 Å². The molecule has 0 N–H and O–H groups in total. The molecular weight excluding hydrogens is 785 g/mol. The SMILES string of the molecule is COc1ccc(CO[C@H]2[C@H](OCc3ccc(OC)cc3)[C@@H](OCc3ccc(OC)cc3)[C@@H](OCc3ccccc3)[C@@H](OCc3ccccc3)[C@@H]2OCc2ccc(OC)cc2)cc1. The highest BCUT2D eigenvalue weighted by atomic mass is 16.6. The first-order chi connectivity index (χ1) is 30.5. The molecule has 324 valence electrons. The summed E-state index contributed by atoms with van der Waals surface area (Å²) in [6, 6.07) is 51.6. The van der Waals surface area contributed by atoms with Crippen LogP contribution >= 0.6 is 0 Å². The van der Waals surface area contributed by atoms with Crippen LogP contribution in [0, 0.1) is 0 Å². The average molecular weight is 841 g/mol. The molecule has 7 rings (SSSR count). The maximum atomic E-state index is 7.06. The van der Waals surface area contributed by atoms with Gasteiger partial charge in [0.25, 0.3) is 0 Å². The van der Waals surface area contributed by atoms with E-state index in [4.69, 9.17) is 47.4 Å². The lowest BCUT2D eigenvalue weighted by Gasteiger charge is -2.49. The fourth-order valence-corrected chi connectivity index (χ4v) is 7.45. The maximum Gasteiger partial charge on any atom is 0.118 e. The molecule has 0 aromatic heterocycles. The Kier molecular flexibility index (Phi) is 16.4. The van der Waals surface area contributed by atoms with E-state index in [1.807, 2.05) is 158 Å². The minimum Gasteiger partial charge on any atom is -0.497 e. The molecule has 1 aliphatic rings. The Hall–Kier alpha value is -5.72. The molecule has 1 aliphatic carbocycles. The maximum absolute atomic E-state index is 7.06. The third-order valence-corrected chi connectivity index (χ3v) is 10.9. The molecule has 0 spiro atoms. The first kappa shape index (κ1) is 44.3. The molecule has 0 heterocycles. The fraction of sp³-hybridized carbons (Fsp3) is 0.308. The predicted octanol–water partition coefficient (Wildman–Crippen LogP) is 9.55. The van der Waals surface area contributed by atoms with Crippen LogP contribution in [0.5, 0.6) is 23.0 Å². The molecule has 1 saturated carbocycles. The molecule has 10 heteroatoms. The Balaban J connectivity index is 1.31. The molecule has 0 amide bonds. The first-order valence-corrected chi connectivity index (χ1v) is 20.8. The zero-order valence-electron chi connectivity index (χ0n) is 35.8. The average Bonchev–Trinajstić information content (AvgIpc) is 3.34. The van der Waals surface area contributed by atoms with Gasteiger partial charge in [-0.3, -0.25) is 0 Å². The van der Waals surface area contributed by atoms with Crippen molar-refractivity contribution in [2.24, 2.45) is 0 Å². The minimum atomic E-state index is -0.702. The molecule has 0 saturated heterocycles. The Bertz CT molecular complexity index is 2010. The fourth-order valence-electron chi connectivity index (χ4n) is 7.45. The number of hydrogen-bond donors (Lipinski definition) is 0. The van der Waals surface area contributed by atoms with Crippen LogP contribution < -0.4 is 18.9 Å². The summed E-state index contributed by atoms with van der Waals surface area (Å²) in [5, 5.41) is 0. The third kappa shape index (κ3) is 12.2. The zero-order chi connectivity index (χ0) is 42.9. The summed E-state index contributed by atoms with van der Waals surface area (Å²) < 4.78 is 64.1. The van der Waals surface area contributed by atoms with Crippen LogP contribution in [-0.4, -0.2) is 65.1 Å². The van der Waals surface area contributed by atoms with Gasteiger partial charge < -0.3 is 47.4 Å². The quantitative estimate of drug-likeness (QED) is 0.0659. The van der Waals surface area contributed by atoms with Crippen LogP contribution in [0.25, 0.3) is 0 Å². The Labute approximate surface area is 365 Å². The lowest BCUT2D eigenvalue weighted by molar-refractivity contribution is -0.292. The lowest BCUT2D eigenvalue weighted by atomic mass is 9.83. The number of benzene rings is 6. The van der Waals surface area contributed by atoms with Gasteiger partial charge in [0.2, 0.25) is 0 Å². The van der Waals surface area contributed by atoms with Gasteiger partial charge in [-0.15, -0.1) is 0 Å². The van der Waals surface area contributed by atoms with E-state index in [0.717, 1.165) is 56.4 Å². The molecule has 0 aliphatic heterocycles. The third-order valence-electron chi connectivity index (χ3n) is 10.9.